The third-order valence-electron chi connectivity index (χ3n) is 3.51. The van der Waals surface area contributed by atoms with Gasteiger partial charge < -0.3 is 10.5 Å². The lowest BCUT2D eigenvalue weighted by molar-refractivity contribution is -0.151. The lowest BCUT2D eigenvalue weighted by Crippen LogP contribution is -2.44. The fraction of sp³-hybridized carbons (Fsp3) is 0.562. The van der Waals surface area contributed by atoms with Crippen molar-refractivity contribution in [3.8, 4) is 11.8 Å². The summed E-state index contributed by atoms with van der Waals surface area (Å²) in [5, 5.41) is 0. The first-order chi connectivity index (χ1) is 10.2. The first kappa shape index (κ1) is 16.0. The van der Waals surface area contributed by atoms with E-state index in [1.54, 1.807) is 11.3 Å². The van der Waals surface area contributed by atoms with E-state index in [1.165, 1.54) is 4.88 Å². The first-order valence-corrected chi connectivity index (χ1v) is 8.24. The number of carbonyl (C=O) groups excluding carboxylic acids is 1. The monoisotopic (exact) mass is 306 g/mol. The second kappa shape index (κ2) is 8.18. The Bertz CT molecular complexity index is 530. The first-order valence-electron chi connectivity index (χ1n) is 7.43. The predicted octanol–water partition coefficient (Wildman–Crippen LogP) is 1.98. The standard InChI is InChI=1S/C16H22N2O2S/c1-2-20-16(19)15-7-3-4-11-18(15)12-14-9-8-13(21-14)6-5-10-17/h8-9,15H,2-4,7,10-12,17H2,1H3. The van der Waals surface area contributed by atoms with Crippen LogP contribution < -0.4 is 5.73 Å². The van der Waals surface area contributed by atoms with E-state index in [9.17, 15) is 4.79 Å². The number of nitrogens with zero attached hydrogens (tertiary/aromatic N) is 1. The van der Waals surface area contributed by atoms with E-state index in [1.807, 2.05) is 13.0 Å². The molecular weight excluding hydrogens is 284 g/mol. The van der Waals surface area contributed by atoms with E-state index < -0.39 is 0 Å². The smallest absolute Gasteiger partial charge is 0.323 e. The second-order valence-electron chi connectivity index (χ2n) is 5.01. The van der Waals surface area contributed by atoms with Gasteiger partial charge in [0.2, 0.25) is 0 Å². The van der Waals surface area contributed by atoms with Crippen molar-refractivity contribution in [1.29, 1.82) is 0 Å². The predicted molar refractivity (Wildman–Crippen MR) is 84.9 cm³/mol. The highest BCUT2D eigenvalue weighted by atomic mass is 32.1. The summed E-state index contributed by atoms with van der Waals surface area (Å²) in [6, 6.07) is 4.01. The van der Waals surface area contributed by atoms with Gasteiger partial charge in [-0.3, -0.25) is 9.69 Å². The Morgan fingerprint density at radius 3 is 3.14 bits per heavy atom. The molecule has 4 nitrogen and oxygen atoms in total. The zero-order valence-corrected chi connectivity index (χ0v) is 13.2. The Labute approximate surface area is 130 Å². The van der Waals surface area contributed by atoms with Crippen molar-refractivity contribution in [1.82, 2.24) is 4.90 Å². The third-order valence-corrected chi connectivity index (χ3v) is 4.49. The van der Waals surface area contributed by atoms with Gasteiger partial charge in [0.15, 0.2) is 0 Å². The Hall–Kier alpha value is -1.35. The van der Waals surface area contributed by atoms with Crippen LogP contribution in [0.3, 0.4) is 0 Å². The summed E-state index contributed by atoms with van der Waals surface area (Å²) >= 11 is 1.67. The van der Waals surface area contributed by atoms with E-state index >= 15 is 0 Å². The van der Waals surface area contributed by atoms with Crippen molar-refractivity contribution in [3.63, 3.8) is 0 Å². The van der Waals surface area contributed by atoms with Crippen LogP contribution in [-0.2, 0) is 16.1 Å². The van der Waals surface area contributed by atoms with Crippen LogP contribution in [0, 0.1) is 11.8 Å². The zero-order chi connectivity index (χ0) is 15.1. The maximum atomic E-state index is 12.0. The van der Waals surface area contributed by atoms with Crippen molar-refractivity contribution in [3.05, 3.63) is 21.9 Å². The highest BCUT2D eigenvalue weighted by Gasteiger charge is 2.29. The van der Waals surface area contributed by atoms with Crippen molar-refractivity contribution < 1.29 is 9.53 Å². The van der Waals surface area contributed by atoms with E-state index in [-0.39, 0.29) is 12.0 Å². The average Bonchev–Trinajstić information content (AvgIpc) is 2.93. The van der Waals surface area contributed by atoms with Gasteiger partial charge in [0.25, 0.3) is 0 Å². The number of hydrogen-bond acceptors (Lipinski definition) is 5. The number of carbonyl (C=O) groups is 1. The van der Waals surface area contributed by atoms with Gasteiger partial charge >= 0.3 is 5.97 Å². The number of esters is 1. The number of hydrogen-bond donors (Lipinski definition) is 1. The number of likely N-dealkylation sites (tertiary alicyclic amines) is 1. The van der Waals surface area contributed by atoms with Gasteiger partial charge in [0, 0.05) is 11.4 Å². The summed E-state index contributed by atoms with van der Waals surface area (Å²) < 4.78 is 5.19. The molecule has 0 saturated carbocycles. The number of nitrogens with two attached hydrogens (primary N) is 1. The average molecular weight is 306 g/mol. The van der Waals surface area contributed by atoms with Gasteiger partial charge in [0.1, 0.15) is 6.04 Å². The lowest BCUT2D eigenvalue weighted by Gasteiger charge is -2.33. The van der Waals surface area contributed by atoms with E-state index in [0.29, 0.717) is 13.2 Å². The van der Waals surface area contributed by atoms with Gasteiger partial charge in [-0.05, 0) is 38.4 Å². The molecule has 114 valence electrons. The Morgan fingerprint density at radius 1 is 1.52 bits per heavy atom. The van der Waals surface area contributed by atoms with Crippen molar-refractivity contribution in [2.75, 3.05) is 19.7 Å². The van der Waals surface area contributed by atoms with Gasteiger partial charge in [-0.1, -0.05) is 18.3 Å². The molecule has 2 N–H and O–H groups in total. The van der Waals surface area contributed by atoms with Crippen LogP contribution in [0.2, 0.25) is 0 Å². The molecule has 1 atom stereocenters. The maximum absolute atomic E-state index is 12.0. The number of piperidine rings is 1. The largest absolute Gasteiger partial charge is 0.465 e. The summed E-state index contributed by atoms with van der Waals surface area (Å²) in [7, 11) is 0. The van der Waals surface area contributed by atoms with Crippen LogP contribution >= 0.6 is 11.3 Å². The summed E-state index contributed by atoms with van der Waals surface area (Å²) in [6.45, 7) is 4.42. The zero-order valence-electron chi connectivity index (χ0n) is 12.4. The molecule has 0 aromatic carbocycles. The van der Waals surface area contributed by atoms with Crippen LogP contribution in [0.1, 0.15) is 35.9 Å². The Morgan fingerprint density at radius 2 is 2.38 bits per heavy atom. The minimum atomic E-state index is -0.0978. The highest BCUT2D eigenvalue weighted by Crippen LogP contribution is 2.24. The van der Waals surface area contributed by atoms with E-state index in [2.05, 4.69) is 22.8 Å². The molecular formula is C16H22N2O2S. The molecule has 5 heteroatoms. The number of ether oxygens (including phenoxy) is 1. The molecule has 0 amide bonds. The fourth-order valence-electron chi connectivity index (χ4n) is 2.55. The van der Waals surface area contributed by atoms with Crippen molar-refractivity contribution in [2.45, 2.75) is 38.8 Å². The molecule has 1 aliphatic rings. The van der Waals surface area contributed by atoms with Crippen LogP contribution in [0.15, 0.2) is 12.1 Å². The van der Waals surface area contributed by atoms with Gasteiger partial charge in [-0.2, -0.15) is 0 Å². The van der Waals surface area contributed by atoms with Gasteiger partial charge in [0.05, 0.1) is 18.0 Å². The molecule has 1 saturated heterocycles. The molecule has 0 radical (unpaired) electrons. The summed E-state index contributed by atoms with van der Waals surface area (Å²) in [5.41, 5.74) is 5.38. The molecule has 2 rings (SSSR count). The van der Waals surface area contributed by atoms with Crippen LogP contribution in [0.5, 0.6) is 0 Å². The molecule has 0 aliphatic carbocycles. The molecule has 1 fully saturated rings. The lowest BCUT2D eigenvalue weighted by atomic mass is 10.0. The summed E-state index contributed by atoms with van der Waals surface area (Å²) in [4.78, 5) is 16.5. The maximum Gasteiger partial charge on any atom is 0.323 e. The molecule has 1 aliphatic heterocycles. The van der Waals surface area contributed by atoms with E-state index in [0.717, 1.165) is 37.2 Å². The highest BCUT2D eigenvalue weighted by molar-refractivity contribution is 7.12. The van der Waals surface area contributed by atoms with Crippen LogP contribution in [-0.4, -0.2) is 36.6 Å². The van der Waals surface area contributed by atoms with Gasteiger partial charge in [-0.25, -0.2) is 0 Å². The molecule has 21 heavy (non-hydrogen) atoms. The molecule has 1 unspecified atom stereocenters. The number of rotatable bonds is 4. The fourth-order valence-corrected chi connectivity index (χ4v) is 3.46. The van der Waals surface area contributed by atoms with Crippen molar-refractivity contribution >= 4 is 17.3 Å². The van der Waals surface area contributed by atoms with Crippen LogP contribution in [0.4, 0.5) is 0 Å². The number of thiophene rings is 1. The molecule has 0 spiro atoms. The molecule has 0 bridgehead atoms. The summed E-state index contributed by atoms with van der Waals surface area (Å²) in [5.74, 6) is 5.83. The minimum absolute atomic E-state index is 0.0862. The van der Waals surface area contributed by atoms with Crippen molar-refractivity contribution in [2.24, 2.45) is 5.73 Å². The molecule has 2 heterocycles. The Kier molecular flexibility index (Phi) is 6.24. The Balaban J connectivity index is 2.01. The topological polar surface area (TPSA) is 55.6 Å². The van der Waals surface area contributed by atoms with Gasteiger partial charge in [-0.15, -0.1) is 11.3 Å². The normalized spacial score (nSPS) is 18.9. The molecule has 1 aromatic heterocycles. The quantitative estimate of drug-likeness (QED) is 0.682. The molecule has 1 aromatic rings. The minimum Gasteiger partial charge on any atom is -0.465 e. The third kappa shape index (κ3) is 4.57. The second-order valence-corrected chi connectivity index (χ2v) is 6.17. The summed E-state index contributed by atoms with van der Waals surface area (Å²) in [6.07, 6.45) is 3.13. The van der Waals surface area contributed by atoms with Crippen LogP contribution in [0.25, 0.3) is 0 Å². The SMILES string of the molecule is CCOC(=O)C1CCCCN1Cc1ccc(C#CCN)s1. The van der Waals surface area contributed by atoms with E-state index in [4.69, 9.17) is 10.5 Å².